The zero-order valence-corrected chi connectivity index (χ0v) is 14.5. The van der Waals surface area contributed by atoms with Gasteiger partial charge in [-0.05, 0) is 43.6 Å². The molecule has 2 aliphatic rings. The van der Waals surface area contributed by atoms with E-state index in [0.29, 0.717) is 6.54 Å². The summed E-state index contributed by atoms with van der Waals surface area (Å²) in [7, 11) is 0. The van der Waals surface area contributed by atoms with E-state index in [2.05, 4.69) is 24.5 Å². The Bertz CT molecular complexity index is 557. The predicted octanol–water partition coefficient (Wildman–Crippen LogP) is 2.23. The molecule has 1 aromatic rings. The van der Waals surface area contributed by atoms with Gasteiger partial charge in [0.15, 0.2) is 11.5 Å². The molecule has 2 aliphatic heterocycles. The first-order valence-electron chi connectivity index (χ1n) is 7.95. The third-order valence-electron chi connectivity index (χ3n) is 4.57. The minimum Gasteiger partial charge on any atom is -0.454 e. The van der Waals surface area contributed by atoms with E-state index in [9.17, 15) is 4.79 Å². The van der Waals surface area contributed by atoms with Crippen LogP contribution in [0.25, 0.3) is 0 Å². The Labute approximate surface area is 143 Å². The molecule has 3 rings (SSSR count). The maximum absolute atomic E-state index is 12.3. The number of fused-ring (bicyclic) bond motifs is 1. The van der Waals surface area contributed by atoms with Crippen molar-refractivity contribution in [1.82, 2.24) is 10.6 Å². The molecule has 128 valence electrons. The van der Waals surface area contributed by atoms with Crippen molar-refractivity contribution >= 4 is 18.3 Å². The molecule has 0 spiro atoms. The number of rotatable bonds is 4. The Morgan fingerprint density at radius 2 is 1.96 bits per heavy atom. The predicted molar refractivity (Wildman–Crippen MR) is 91.4 cm³/mol. The maximum atomic E-state index is 12.3. The Hall–Kier alpha value is -1.46. The van der Waals surface area contributed by atoms with Crippen LogP contribution in [-0.2, 0) is 10.2 Å². The van der Waals surface area contributed by atoms with E-state index in [1.165, 1.54) is 0 Å². The third-order valence-corrected chi connectivity index (χ3v) is 4.57. The van der Waals surface area contributed by atoms with Gasteiger partial charge in [-0.3, -0.25) is 4.79 Å². The molecule has 0 aliphatic carbocycles. The molecule has 1 fully saturated rings. The van der Waals surface area contributed by atoms with E-state index in [4.69, 9.17) is 9.47 Å². The van der Waals surface area contributed by atoms with Crippen molar-refractivity contribution in [2.75, 3.05) is 26.4 Å². The van der Waals surface area contributed by atoms with Gasteiger partial charge in [-0.1, -0.05) is 19.9 Å². The fraction of sp³-hybridized carbons (Fsp3) is 0.588. The maximum Gasteiger partial charge on any atom is 0.231 e. The van der Waals surface area contributed by atoms with Crippen molar-refractivity contribution in [3.63, 3.8) is 0 Å². The highest BCUT2D eigenvalue weighted by Gasteiger charge is 2.27. The highest BCUT2D eigenvalue weighted by molar-refractivity contribution is 5.85. The molecular weight excluding hydrogens is 316 g/mol. The molecule has 0 radical (unpaired) electrons. The van der Waals surface area contributed by atoms with Gasteiger partial charge in [0.1, 0.15) is 0 Å². The Balaban J connectivity index is 0.00000192. The van der Waals surface area contributed by atoms with Crippen molar-refractivity contribution in [1.29, 1.82) is 0 Å². The lowest BCUT2D eigenvalue weighted by atomic mass is 9.84. The molecule has 23 heavy (non-hydrogen) atoms. The van der Waals surface area contributed by atoms with Gasteiger partial charge >= 0.3 is 0 Å². The van der Waals surface area contributed by atoms with Crippen molar-refractivity contribution in [2.24, 2.45) is 5.92 Å². The van der Waals surface area contributed by atoms with Gasteiger partial charge in [-0.15, -0.1) is 12.4 Å². The molecular formula is C17H25ClN2O3. The van der Waals surface area contributed by atoms with Gasteiger partial charge in [0.25, 0.3) is 0 Å². The first-order valence-corrected chi connectivity index (χ1v) is 7.95. The van der Waals surface area contributed by atoms with Crippen LogP contribution in [0.15, 0.2) is 18.2 Å². The van der Waals surface area contributed by atoms with Crippen LogP contribution < -0.4 is 20.1 Å². The van der Waals surface area contributed by atoms with Crippen LogP contribution in [0.4, 0.5) is 0 Å². The molecule has 0 bridgehead atoms. The molecule has 0 saturated carbocycles. The number of hydrogen-bond acceptors (Lipinski definition) is 4. The number of nitrogens with one attached hydrogen (secondary N) is 2. The average molecular weight is 341 g/mol. The Morgan fingerprint density at radius 3 is 2.70 bits per heavy atom. The number of halogens is 1. The lowest BCUT2D eigenvalue weighted by Crippen LogP contribution is -2.42. The number of carbonyl (C=O) groups is 1. The smallest absolute Gasteiger partial charge is 0.231 e. The summed E-state index contributed by atoms with van der Waals surface area (Å²) in [5, 5.41) is 6.41. The third kappa shape index (κ3) is 4.09. The molecule has 6 heteroatoms. The lowest BCUT2D eigenvalue weighted by Gasteiger charge is -2.28. The second kappa shape index (κ2) is 7.41. The second-order valence-corrected chi connectivity index (χ2v) is 6.69. The summed E-state index contributed by atoms with van der Waals surface area (Å²) < 4.78 is 10.8. The van der Waals surface area contributed by atoms with E-state index in [0.717, 1.165) is 43.0 Å². The van der Waals surface area contributed by atoms with Gasteiger partial charge in [0, 0.05) is 17.9 Å². The highest BCUT2D eigenvalue weighted by Crippen LogP contribution is 2.36. The minimum absolute atomic E-state index is 0. The van der Waals surface area contributed by atoms with Gasteiger partial charge in [0.05, 0.1) is 0 Å². The lowest BCUT2D eigenvalue weighted by molar-refractivity contribution is -0.125. The van der Waals surface area contributed by atoms with Crippen LogP contribution in [0.5, 0.6) is 11.5 Å². The zero-order chi connectivity index (χ0) is 15.6. The fourth-order valence-electron chi connectivity index (χ4n) is 2.96. The first kappa shape index (κ1) is 17.9. The van der Waals surface area contributed by atoms with Crippen LogP contribution in [0.2, 0.25) is 0 Å². The van der Waals surface area contributed by atoms with E-state index in [-0.39, 0.29) is 36.4 Å². The Kier molecular flexibility index (Phi) is 5.76. The highest BCUT2D eigenvalue weighted by atomic mass is 35.5. The summed E-state index contributed by atoms with van der Waals surface area (Å²) in [4.78, 5) is 12.3. The molecule has 2 heterocycles. The molecule has 1 amide bonds. The van der Waals surface area contributed by atoms with Gasteiger partial charge < -0.3 is 20.1 Å². The minimum atomic E-state index is -0.149. The van der Waals surface area contributed by atoms with E-state index >= 15 is 0 Å². The van der Waals surface area contributed by atoms with Gasteiger partial charge in [-0.25, -0.2) is 0 Å². The monoisotopic (exact) mass is 340 g/mol. The van der Waals surface area contributed by atoms with E-state index < -0.39 is 0 Å². The van der Waals surface area contributed by atoms with Crippen LogP contribution in [0, 0.1) is 5.92 Å². The van der Waals surface area contributed by atoms with Crippen molar-refractivity contribution in [2.45, 2.75) is 32.1 Å². The number of amides is 1. The summed E-state index contributed by atoms with van der Waals surface area (Å²) in [6.07, 6.45) is 1.85. The number of benzene rings is 1. The van der Waals surface area contributed by atoms with E-state index in [1.54, 1.807) is 0 Å². The summed E-state index contributed by atoms with van der Waals surface area (Å²) in [6.45, 7) is 7.04. The first-order chi connectivity index (χ1) is 10.6. The number of hydrogen-bond donors (Lipinski definition) is 2. The van der Waals surface area contributed by atoms with Gasteiger partial charge in [0.2, 0.25) is 12.7 Å². The number of carbonyl (C=O) groups excluding carboxylic acids is 1. The number of piperidine rings is 1. The van der Waals surface area contributed by atoms with Crippen LogP contribution in [0.3, 0.4) is 0 Å². The van der Waals surface area contributed by atoms with E-state index in [1.807, 2.05) is 18.2 Å². The normalized spacial score (nSPS) is 17.5. The molecule has 5 nitrogen and oxygen atoms in total. The molecule has 2 N–H and O–H groups in total. The zero-order valence-electron chi connectivity index (χ0n) is 13.7. The second-order valence-electron chi connectivity index (χ2n) is 6.69. The summed E-state index contributed by atoms with van der Waals surface area (Å²) in [5.74, 6) is 1.90. The molecule has 1 aromatic carbocycles. The largest absolute Gasteiger partial charge is 0.454 e. The fourth-order valence-corrected chi connectivity index (χ4v) is 2.96. The topological polar surface area (TPSA) is 59.6 Å². The Morgan fingerprint density at radius 1 is 1.26 bits per heavy atom. The summed E-state index contributed by atoms with van der Waals surface area (Å²) in [6, 6.07) is 6.00. The van der Waals surface area contributed by atoms with Crippen molar-refractivity contribution in [3.8, 4) is 11.5 Å². The summed E-state index contributed by atoms with van der Waals surface area (Å²) >= 11 is 0. The average Bonchev–Trinajstić information content (AvgIpc) is 3.01. The molecule has 0 atom stereocenters. The number of ether oxygens (including phenoxy) is 2. The quantitative estimate of drug-likeness (QED) is 0.882. The van der Waals surface area contributed by atoms with Crippen LogP contribution in [0.1, 0.15) is 32.3 Å². The summed E-state index contributed by atoms with van der Waals surface area (Å²) in [5.41, 5.74) is 0.992. The standard InChI is InChI=1S/C17H24N2O3.ClH/c1-17(2,10-19-16(20)12-5-7-18-8-6-12)13-3-4-14-15(9-13)22-11-21-14;/h3-4,9,12,18H,5-8,10-11H2,1-2H3,(H,19,20);1H. The molecule has 0 unspecified atom stereocenters. The van der Waals surface area contributed by atoms with Crippen molar-refractivity contribution in [3.05, 3.63) is 23.8 Å². The SMILES string of the molecule is CC(C)(CNC(=O)C1CCNCC1)c1ccc2c(c1)OCO2.Cl. The molecule has 0 aromatic heterocycles. The van der Waals surface area contributed by atoms with Crippen LogP contribution in [-0.4, -0.2) is 32.3 Å². The van der Waals surface area contributed by atoms with Crippen molar-refractivity contribution < 1.29 is 14.3 Å². The van der Waals surface area contributed by atoms with Gasteiger partial charge in [-0.2, -0.15) is 0 Å². The molecule has 1 saturated heterocycles. The van der Waals surface area contributed by atoms with Crippen LogP contribution >= 0.6 is 12.4 Å².